The van der Waals surface area contributed by atoms with E-state index in [1.165, 1.54) is 0 Å². The fourth-order valence-electron chi connectivity index (χ4n) is 5.49. The van der Waals surface area contributed by atoms with Crippen molar-refractivity contribution in [2.24, 2.45) is 0 Å². The highest BCUT2D eigenvalue weighted by Gasteiger charge is 2.36. The van der Waals surface area contributed by atoms with Crippen LogP contribution in [0.25, 0.3) is 0 Å². The minimum Gasteiger partial charge on any atom is -0.383 e. The average molecular weight is 469 g/mol. The summed E-state index contributed by atoms with van der Waals surface area (Å²) in [6.07, 6.45) is 8.14. The summed E-state index contributed by atoms with van der Waals surface area (Å²) >= 11 is 0. The van der Waals surface area contributed by atoms with Gasteiger partial charge in [0.15, 0.2) is 0 Å². The molecule has 0 aromatic rings. The molecule has 0 spiro atoms. The number of hydrogen-bond acceptors (Lipinski definition) is 6. The lowest BCUT2D eigenvalue weighted by Crippen LogP contribution is -2.54. The summed E-state index contributed by atoms with van der Waals surface area (Å²) in [6, 6.07) is 0.811. The van der Waals surface area contributed by atoms with Gasteiger partial charge >= 0.3 is 0 Å². The van der Waals surface area contributed by atoms with E-state index in [0.717, 1.165) is 58.0 Å². The van der Waals surface area contributed by atoms with E-state index in [4.69, 9.17) is 9.47 Å². The van der Waals surface area contributed by atoms with Gasteiger partial charge in [-0.3, -0.25) is 19.6 Å². The summed E-state index contributed by atoms with van der Waals surface area (Å²) in [7, 11) is 3.46. The molecule has 0 unspecified atom stereocenters. The predicted molar refractivity (Wildman–Crippen MR) is 130 cm³/mol. The van der Waals surface area contributed by atoms with Crippen molar-refractivity contribution < 1.29 is 19.1 Å². The van der Waals surface area contributed by atoms with E-state index in [2.05, 4.69) is 23.9 Å². The monoisotopic (exact) mass is 468 g/mol. The lowest BCUT2D eigenvalue weighted by Gasteiger charge is -2.41. The van der Waals surface area contributed by atoms with Crippen molar-refractivity contribution in [1.29, 1.82) is 0 Å². The molecule has 2 heterocycles. The predicted octanol–water partition coefficient (Wildman–Crippen LogP) is 3.46. The SMILES string of the molecule is CCC(=O)N([C@H](C)CCC[C@@H](C)N(C(=O)CC)N1CCC[C@H]1COC)N1CCC[C@H]1COC. The number of rotatable bonds is 14. The van der Waals surface area contributed by atoms with Gasteiger partial charge in [0.1, 0.15) is 0 Å². The van der Waals surface area contributed by atoms with Gasteiger partial charge in [0.2, 0.25) is 11.8 Å². The highest BCUT2D eigenvalue weighted by molar-refractivity contribution is 5.76. The molecule has 0 aliphatic carbocycles. The smallest absolute Gasteiger partial charge is 0.236 e. The first-order valence-electron chi connectivity index (χ1n) is 13.0. The first-order valence-corrected chi connectivity index (χ1v) is 13.0. The molecule has 2 amide bonds. The summed E-state index contributed by atoms with van der Waals surface area (Å²) in [5, 5.41) is 8.50. The fourth-order valence-corrected chi connectivity index (χ4v) is 5.49. The van der Waals surface area contributed by atoms with Crippen LogP contribution in [0.5, 0.6) is 0 Å². The van der Waals surface area contributed by atoms with Gasteiger partial charge in [-0.05, 0) is 58.8 Å². The second kappa shape index (κ2) is 14.2. The maximum absolute atomic E-state index is 12.9. The van der Waals surface area contributed by atoms with Crippen LogP contribution in [0, 0.1) is 0 Å². The summed E-state index contributed by atoms with van der Waals surface area (Å²) < 4.78 is 10.8. The zero-order valence-electron chi connectivity index (χ0n) is 21.9. The molecule has 8 heteroatoms. The highest BCUT2D eigenvalue weighted by atomic mass is 16.5. The number of nitrogens with zero attached hydrogens (tertiary/aromatic N) is 4. The van der Waals surface area contributed by atoms with Crippen LogP contribution in [0.1, 0.15) is 85.5 Å². The molecule has 2 aliphatic heterocycles. The van der Waals surface area contributed by atoms with Crippen molar-refractivity contribution in [3.05, 3.63) is 0 Å². The first-order chi connectivity index (χ1) is 15.9. The molecular formula is C25H48N4O4. The van der Waals surface area contributed by atoms with E-state index in [1.54, 1.807) is 14.2 Å². The first kappa shape index (κ1) is 28.0. The Morgan fingerprint density at radius 2 is 1.21 bits per heavy atom. The standard InChI is InChI=1S/C25H48N4O4/c1-7-24(30)28(26-16-10-14-22(26)18-32-5)20(3)12-9-13-21(4)29(25(31)8-2)27-17-11-15-23(27)19-33-6/h20-23H,7-19H2,1-6H3/t20-,21-,22+,23+/m1/s1. The third kappa shape index (κ3) is 7.38. The molecule has 0 aromatic carbocycles. The third-order valence-electron chi connectivity index (χ3n) is 7.16. The molecule has 0 saturated carbocycles. The molecular weight excluding hydrogens is 420 g/mol. The van der Waals surface area contributed by atoms with Crippen LogP contribution in [-0.2, 0) is 19.1 Å². The van der Waals surface area contributed by atoms with Crippen LogP contribution in [0.3, 0.4) is 0 Å². The molecule has 33 heavy (non-hydrogen) atoms. The van der Waals surface area contributed by atoms with Gasteiger partial charge in [-0.2, -0.15) is 0 Å². The lowest BCUT2D eigenvalue weighted by atomic mass is 10.1. The van der Waals surface area contributed by atoms with E-state index < -0.39 is 0 Å². The normalized spacial score (nSPS) is 23.6. The number of amides is 2. The number of hydrogen-bond donors (Lipinski definition) is 0. The average Bonchev–Trinajstić information content (AvgIpc) is 3.44. The van der Waals surface area contributed by atoms with Gasteiger partial charge in [0, 0.05) is 52.2 Å². The lowest BCUT2D eigenvalue weighted by molar-refractivity contribution is -0.159. The molecule has 0 radical (unpaired) electrons. The summed E-state index contributed by atoms with van der Waals surface area (Å²) in [5.41, 5.74) is 0. The Morgan fingerprint density at radius 3 is 1.55 bits per heavy atom. The van der Waals surface area contributed by atoms with E-state index in [-0.39, 0.29) is 36.0 Å². The van der Waals surface area contributed by atoms with Gasteiger partial charge in [-0.15, -0.1) is 0 Å². The van der Waals surface area contributed by atoms with Crippen LogP contribution in [-0.4, -0.2) is 96.5 Å². The number of ether oxygens (including phenoxy) is 2. The molecule has 4 atom stereocenters. The van der Waals surface area contributed by atoms with Gasteiger partial charge in [-0.1, -0.05) is 13.8 Å². The van der Waals surface area contributed by atoms with Gasteiger partial charge in [0.25, 0.3) is 0 Å². The highest BCUT2D eigenvalue weighted by Crippen LogP contribution is 2.26. The van der Waals surface area contributed by atoms with Crippen LogP contribution >= 0.6 is 0 Å². The maximum Gasteiger partial charge on any atom is 0.236 e. The van der Waals surface area contributed by atoms with Gasteiger partial charge in [-0.25, -0.2) is 10.0 Å². The Hall–Kier alpha value is -1.22. The Bertz CT molecular complexity index is 555. The van der Waals surface area contributed by atoms with Crippen LogP contribution < -0.4 is 0 Å². The molecule has 2 fully saturated rings. The minimum atomic E-state index is 0.130. The summed E-state index contributed by atoms with van der Waals surface area (Å²) in [4.78, 5) is 25.7. The summed E-state index contributed by atoms with van der Waals surface area (Å²) in [5.74, 6) is 0.363. The number of carbonyl (C=O) groups is 2. The van der Waals surface area contributed by atoms with Crippen molar-refractivity contribution in [2.45, 2.75) is 110 Å². The molecule has 2 saturated heterocycles. The third-order valence-corrected chi connectivity index (χ3v) is 7.16. The Labute approximate surface area is 201 Å². The van der Waals surface area contributed by atoms with Crippen molar-refractivity contribution in [1.82, 2.24) is 20.0 Å². The molecule has 0 N–H and O–H groups in total. The second-order valence-electron chi connectivity index (χ2n) is 9.64. The van der Waals surface area contributed by atoms with Crippen LogP contribution in [0.4, 0.5) is 0 Å². The molecule has 2 rings (SSSR count). The fraction of sp³-hybridized carbons (Fsp3) is 0.920. The van der Waals surface area contributed by atoms with E-state index in [0.29, 0.717) is 26.1 Å². The molecule has 0 bridgehead atoms. The molecule has 2 aliphatic rings. The number of hydrazine groups is 2. The van der Waals surface area contributed by atoms with Crippen LogP contribution in [0.2, 0.25) is 0 Å². The zero-order chi connectivity index (χ0) is 24.4. The zero-order valence-corrected chi connectivity index (χ0v) is 21.9. The Kier molecular flexibility index (Phi) is 12.1. The molecule has 8 nitrogen and oxygen atoms in total. The van der Waals surface area contributed by atoms with E-state index in [1.807, 2.05) is 23.9 Å². The van der Waals surface area contributed by atoms with Crippen molar-refractivity contribution in [2.75, 3.05) is 40.5 Å². The topological polar surface area (TPSA) is 65.6 Å². The minimum absolute atomic E-state index is 0.130. The van der Waals surface area contributed by atoms with Gasteiger partial charge in [0.05, 0.1) is 25.3 Å². The Balaban J connectivity index is 1.99. The van der Waals surface area contributed by atoms with Gasteiger partial charge < -0.3 is 9.47 Å². The van der Waals surface area contributed by atoms with Crippen molar-refractivity contribution in [3.63, 3.8) is 0 Å². The number of carbonyl (C=O) groups excluding carboxylic acids is 2. The maximum atomic E-state index is 12.9. The largest absolute Gasteiger partial charge is 0.383 e. The van der Waals surface area contributed by atoms with Crippen LogP contribution in [0.15, 0.2) is 0 Å². The Morgan fingerprint density at radius 1 is 0.818 bits per heavy atom. The number of methoxy groups -OCH3 is 2. The van der Waals surface area contributed by atoms with Crippen molar-refractivity contribution in [3.8, 4) is 0 Å². The quantitative estimate of drug-likeness (QED) is 0.389. The van der Waals surface area contributed by atoms with E-state index in [9.17, 15) is 9.59 Å². The van der Waals surface area contributed by atoms with E-state index >= 15 is 0 Å². The van der Waals surface area contributed by atoms with Crippen molar-refractivity contribution >= 4 is 11.8 Å². The second-order valence-corrected chi connectivity index (χ2v) is 9.64. The summed E-state index contributed by atoms with van der Waals surface area (Å²) in [6.45, 7) is 11.3. The molecule has 0 aromatic heterocycles. The molecule has 192 valence electrons.